The maximum atomic E-state index is 5.89. The van der Waals surface area contributed by atoms with E-state index in [0.29, 0.717) is 19.8 Å². The summed E-state index contributed by atoms with van der Waals surface area (Å²) in [5.41, 5.74) is 1.15. The first-order valence-electron chi connectivity index (χ1n) is 8.96. The van der Waals surface area contributed by atoms with E-state index in [0.717, 1.165) is 61.2 Å². The van der Waals surface area contributed by atoms with Gasteiger partial charge in [0, 0.05) is 31.6 Å². The molecule has 7 nitrogen and oxygen atoms in total. The van der Waals surface area contributed by atoms with Gasteiger partial charge in [0.2, 0.25) is 0 Å². The molecule has 2 aliphatic heterocycles. The van der Waals surface area contributed by atoms with Crippen LogP contribution >= 0.6 is 0 Å². The van der Waals surface area contributed by atoms with E-state index in [9.17, 15) is 0 Å². The molecule has 1 N–H and O–H groups in total. The Kier molecular flexibility index (Phi) is 4.85. The second-order valence-corrected chi connectivity index (χ2v) is 6.43. The van der Waals surface area contributed by atoms with Gasteiger partial charge in [0.25, 0.3) is 0 Å². The Morgan fingerprint density at radius 2 is 2.16 bits per heavy atom. The number of aryl methyl sites for hydroxylation is 1. The van der Waals surface area contributed by atoms with E-state index in [2.05, 4.69) is 33.1 Å². The SMILES string of the molecule is CCCc1nc(C2CN(Cc3cccc4c3OCCO4)CCO2)n[nH]1. The molecule has 7 heteroatoms. The van der Waals surface area contributed by atoms with Gasteiger partial charge in [-0.1, -0.05) is 19.1 Å². The molecule has 0 radical (unpaired) electrons. The molecule has 134 valence electrons. The first-order valence-corrected chi connectivity index (χ1v) is 8.96. The summed E-state index contributed by atoms with van der Waals surface area (Å²) in [4.78, 5) is 6.93. The van der Waals surface area contributed by atoms with Gasteiger partial charge in [-0.25, -0.2) is 4.98 Å². The number of benzene rings is 1. The lowest BCUT2D eigenvalue weighted by molar-refractivity contribution is -0.0373. The summed E-state index contributed by atoms with van der Waals surface area (Å²) < 4.78 is 17.4. The van der Waals surface area contributed by atoms with Crippen molar-refractivity contribution in [2.75, 3.05) is 32.9 Å². The highest BCUT2D eigenvalue weighted by Gasteiger charge is 2.26. The van der Waals surface area contributed by atoms with Crippen molar-refractivity contribution in [3.63, 3.8) is 0 Å². The molecular weight excluding hydrogens is 320 g/mol. The standard InChI is InChI=1S/C18H24N4O3/c1-2-4-16-19-18(21-20-16)15-12-22(7-8-23-15)11-13-5-3-6-14-17(13)25-10-9-24-14/h3,5-6,15H,2,4,7-12H2,1H3,(H,19,20,21). The van der Waals surface area contributed by atoms with Crippen molar-refractivity contribution in [1.82, 2.24) is 20.1 Å². The largest absolute Gasteiger partial charge is 0.486 e. The van der Waals surface area contributed by atoms with Crippen LogP contribution in [0.2, 0.25) is 0 Å². The molecule has 0 amide bonds. The van der Waals surface area contributed by atoms with Crippen LogP contribution in [0.1, 0.15) is 36.7 Å². The summed E-state index contributed by atoms with van der Waals surface area (Å²) in [5.74, 6) is 3.40. The van der Waals surface area contributed by atoms with Crippen LogP contribution in [-0.4, -0.2) is 53.0 Å². The fourth-order valence-corrected chi connectivity index (χ4v) is 3.30. The Hall–Kier alpha value is -2.12. The van der Waals surface area contributed by atoms with E-state index in [1.807, 2.05) is 12.1 Å². The predicted molar refractivity (Wildman–Crippen MR) is 91.8 cm³/mol. The number of aromatic amines is 1. The molecule has 1 fully saturated rings. The van der Waals surface area contributed by atoms with Crippen LogP contribution in [0.25, 0.3) is 0 Å². The van der Waals surface area contributed by atoms with Crippen LogP contribution in [-0.2, 0) is 17.7 Å². The van der Waals surface area contributed by atoms with E-state index >= 15 is 0 Å². The summed E-state index contributed by atoms with van der Waals surface area (Å²) >= 11 is 0. The zero-order chi connectivity index (χ0) is 17.1. The van der Waals surface area contributed by atoms with Crippen molar-refractivity contribution in [3.05, 3.63) is 35.4 Å². The van der Waals surface area contributed by atoms with Gasteiger partial charge in [0.15, 0.2) is 17.3 Å². The van der Waals surface area contributed by atoms with Gasteiger partial charge in [-0.05, 0) is 12.5 Å². The normalized spacial score (nSPS) is 20.6. The Morgan fingerprint density at radius 1 is 1.24 bits per heavy atom. The number of para-hydroxylation sites is 1. The molecule has 1 saturated heterocycles. The lowest BCUT2D eigenvalue weighted by Crippen LogP contribution is -2.38. The van der Waals surface area contributed by atoms with Gasteiger partial charge in [-0.3, -0.25) is 10.00 Å². The fourth-order valence-electron chi connectivity index (χ4n) is 3.30. The van der Waals surface area contributed by atoms with Crippen LogP contribution in [0.4, 0.5) is 0 Å². The van der Waals surface area contributed by atoms with Crippen molar-refractivity contribution in [1.29, 1.82) is 0 Å². The number of hydrogen-bond donors (Lipinski definition) is 1. The molecule has 1 unspecified atom stereocenters. The Labute approximate surface area is 147 Å². The van der Waals surface area contributed by atoms with Gasteiger partial charge >= 0.3 is 0 Å². The maximum Gasteiger partial charge on any atom is 0.180 e. The average Bonchev–Trinajstić information content (AvgIpc) is 3.11. The fraction of sp³-hybridized carbons (Fsp3) is 0.556. The van der Waals surface area contributed by atoms with E-state index in [-0.39, 0.29) is 6.10 Å². The molecule has 1 aromatic heterocycles. The van der Waals surface area contributed by atoms with Gasteiger partial charge in [0.05, 0.1) is 6.61 Å². The molecule has 2 aromatic rings. The van der Waals surface area contributed by atoms with E-state index < -0.39 is 0 Å². The third-order valence-electron chi connectivity index (χ3n) is 4.52. The quantitative estimate of drug-likeness (QED) is 0.896. The maximum absolute atomic E-state index is 5.89. The highest BCUT2D eigenvalue weighted by Crippen LogP contribution is 2.34. The van der Waals surface area contributed by atoms with Crippen LogP contribution in [0.5, 0.6) is 11.5 Å². The second kappa shape index (κ2) is 7.41. The summed E-state index contributed by atoms with van der Waals surface area (Å²) in [6, 6.07) is 6.08. The summed E-state index contributed by atoms with van der Waals surface area (Å²) in [6.45, 7) is 6.48. The third kappa shape index (κ3) is 3.62. The molecule has 0 saturated carbocycles. The van der Waals surface area contributed by atoms with Crippen LogP contribution in [0.3, 0.4) is 0 Å². The highest BCUT2D eigenvalue weighted by atomic mass is 16.6. The minimum absolute atomic E-state index is 0.0905. The van der Waals surface area contributed by atoms with E-state index in [4.69, 9.17) is 14.2 Å². The molecular formula is C18H24N4O3. The van der Waals surface area contributed by atoms with Crippen LogP contribution in [0.15, 0.2) is 18.2 Å². The zero-order valence-electron chi connectivity index (χ0n) is 14.5. The first-order chi connectivity index (χ1) is 12.3. The lowest BCUT2D eigenvalue weighted by Gasteiger charge is -2.32. The number of fused-ring (bicyclic) bond motifs is 1. The number of nitrogens with one attached hydrogen (secondary N) is 1. The Balaban J connectivity index is 1.45. The number of hydrogen-bond acceptors (Lipinski definition) is 6. The Morgan fingerprint density at radius 3 is 3.08 bits per heavy atom. The number of nitrogens with zero attached hydrogens (tertiary/aromatic N) is 3. The highest BCUT2D eigenvalue weighted by molar-refractivity contribution is 5.47. The minimum Gasteiger partial charge on any atom is -0.486 e. The topological polar surface area (TPSA) is 72.5 Å². The number of H-pyrrole nitrogens is 1. The number of aromatic nitrogens is 3. The number of rotatable bonds is 5. The van der Waals surface area contributed by atoms with Gasteiger partial charge in [0.1, 0.15) is 25.1 Å². The summed E-state index contributed by atoms with van der Waals surface area (Å²) in [7, 11) is 0. The molecule has 0 aliphatic carbocycles. The van der Waals surface area contributed by atoms with Crippen molar-refractivity contribution < 1.29 is 14.2 Å². The minimum atomic E-state index is -0.0905. The Bertz CT molecular complexity index is 718. The van der Waals surface area contributed by atoms with Crippen LogP contribution in [0, 0.1) is 0 Å². The molecule has 25 heavy (non-hydrogen) atoms. The predicted octanol–water partition coefficient (Wildman–Crippen LogP) is 2.10. The summed E-state index contributed by atoms with van der Waals surface area (Å²) in [5, 5.41) is 7.35. The smallest absolute Gasteiger partial charge is 0.180 e. The number of ether oxygens (including phenoxy) is 3. The van der Waals surface area contributed by atoms with Crippen LogP contribution < -0.4 is 9.47 Å². The van der Waals surface area contributed by atoms with Crippen molar-refractivity contribution in [2.24, 2.45) is 0 Å². The molecule has 0 bridgehead atoms. The van der Waals surface area contributed by atoms with E-state index in [1.165, 1.54) is 0 Å². The van der Waals surface area contributed by atoms with Gasteiger partial charge in [-0.15, -0.1) is 0 Å². The molecule has 1 aromatic carbocycles. The molecule has 1 atom stereocenters. The molecule has 0 spiro atoms. The molecule has 4 rings (SSSR count). The lowest BCUT2D eigenvalue weighted by atomic mass is 10.1. The van der Waals surface area contributed by atoms with Crippen molar-refractivity contribution in [2.45, 2.75) is 32.4 Å². The monoisotopic (exact) mass is 344 g/mol. The third-order valence-corrected chi connectivity index (χ3v) is 4.52. The molecule has 2 aliphatic rings. The zero-order valence-corrected chi connectivity index (χ0v) is 14.5. The van der Waals surface area contributed by atoms with Crippen molar-refractivity contribution >= 4 is 0 Å². The van der Waals surface area contributed by atoms with Crippen molar-refractivity contribution in [3.8, 4) is 11.5 Å². The second-order valence-electron chi connectivity index (χ2n) is 6.43. The first kappa shape index (κ1) is 16.4. The average molecular weight is 344 g/mol. The summed E-state index contributed by atoms with van der Waals surface area (Å²) in [6.07, 6.45) is 1.87. The van der Waals surface area contributed by atoms with Gasteiger partial charge in [-0.2, -0.15) is 5.10 Å². The van der Waals surface area contributed by atoms with E-state index in [1.54, 1.807) is 0 Å². The van der Waals surface area contributed by atoms with Gasteiger partial charge < -0.3 is 14.2 Å². The molecule has 3 heterocycles. The number of morpholine rings is 1.